The van der Waals surface area contributed by atoms with Crippen molar-refractivity contribution in [1.82, 2.24) is 9.97 Å². The Morgan fingerprint density at radius 2 is 2.16 bits per heavy atom. The van der Waals surface area contributed by atoms with Crippen molar-refractivity contribution in [3.05, 3.63) is 46.6 Å². The van der Waals surface area contributed by atoms with Crippen LogP contribution >= 0.6 is 11.6 Å². The van der Waals surface area contributed by atoms with Gasteiger partial charge in [0.2, 0.25) is 5.82 Å². The molecular weight excluding hydrogens is 269 g/mol. The Labute approximate surface area is 115 Å². The van der Waals surface area contributed by atoms with Crippen molar-refractivity contribution < 1.29 is 9.13 Å². The molecule has 0 saturated heterocycles. The van der Waals surface area contributed by atoms with Crippen LogP contribution in [-0.4, -0.2) is 9.97 Å². The maximum atomic E-state index is 14.0. The van der Waals surface area contributed by atoms with E-state index < -0.39 is 5.82 Å². The van der Waals surface area contributed by atoms with Crippen molar-refractivity contribution in [2.45, 2.75) is 19.9 Å². The molecule has 19 heavy (non-hydrogen) atoms. The van der Waals surface area contributed by atoms with Crippen LogP contribution in [0.4, 0.5) is 4.39 Å². The van der Waals surface area contributed by atoms with Gasteiger partial charge < -0.3 is 10.5 Å². The topological polar surface area (TPSA) is 61.0 Å². The normalized spacial score (nSPS) is 10.5. The molecule has 6 heteroatoms. The van der Waals surface area contributed by atoms with Crippen molar-refractivity contribution in [2.24, 2.45) is 5.73 Å². The minimum atomic E-state index is -0.562. The summed E-state index contributed by atoms with van der Waals surface area (Å²) in [6.45, 7) is 2.07. The predicted molar refractivity (Wildman–Crippen MR) is 70.8 cm³/mol. The summed E-state index contributed by atoms with van der Waals surface area (Å²) in [5.74, 6) is -0.286. The molecule has 4 nitrogen and oxygen atoms in total. The third kappa shape index (κ3) is 3.00. The molecule has 0 bridgehead atoms. The number of hydrogen-bond acceptors (Lipinski definition) is 4. The number of nitrogens with two attached hydrogens (primary N) is 1. The number of rotatable bonds is 4. The molecule has 0 aliphatic rings. The molecule has 2 N–H and O–H groups in total. The summed E-state index contributed by atoms with van der Waals surface area (Å²) in [5.41, 5.74) is 6.63. The van der Waals surface area contributed by atoms with Crippen molar-refractivity contribution in [3.8, 4) is 11.6 Å². The number of ether oxygens (including phenoxy) is 1. The molecule has 0 aliphatic carbocycles. The number of aryl methyl sites for hydroxylation is 1. The Balaban J connectivity index is 2.38. The fourth-order valence-corrected chi connectivity index (χ4v) is 1.76. The third-order valence-electron chi connectivity index (χ3n) is 2.62. The van der Waals surface area contributed by atoms with E-state index in [0.29, 0.717) is 22.9 Å². The zero-order valence-electron chi connectivity index (χ0n) is 10.4. The Morgan fingerprint density at radius 3 is 2.84 bits per heavy atom. The molecule has 1 aromatic carbocycles. The highest BCUT2D eigenvalue weighted by molar-refractivity contribution is 6.30. The van der Waals surface area contributed by atoms with E-state index in [4.69, 9.17) is 22.1 Å². The largest absolute Gasteiger partial charge is 0.436 e. The highest BCUT2D eigenvalue weighted by atomic mass is 35.5. The quantitative estimate of drug-likeness (QED) is 0.935. The lowest BCUT2D eigenvalue weighted by atomic mass is 10.2. The lowest BCUT2D eigenvalue weighted by molar-refractivity contribution is 0.411. The lowest BCUT2D eigenvalue weighted by Crippen LogP contribution is -2.03. The second kappa shape index (κ2) is 5.95. The van der Waals surface area contributed by atoms with Crippen LogP contribution < -0.4 is 10.5 Å². The second-order valence-corrected chi connectivity index (χ2v) is 4.29. The van der Waals surface area contributed by atoms with Gasteiger partial charge in [-0.1, -0.05) is 24.6 Å². The average molecular weight is 282 g/mol. The SMILES string of the molecule is CCc1ncnc(Oc2cc(Cl)ccc2CN)c1F. The minimum absolute atomic E-state index is 0.121. The number of benzene rings is 1. The summed E-state index contributed by atoms with van der Waals surface area (Å²) < 4.78 is 19.4. The average Bonchev–Trinajstić information content (AvgIpc) is 2.41. The molecule has 0 fully saturated rings. The van der Waals surface area contributed by atoms with E-state index in [2.05, 4.69) is 9.97 Å². The molecule has 0 spiro atoms. The Bertz CT molecular complexity index is 592. The van der Waals surface area contributed by atoms with E-state index in [1.165, 1.54) is 6.33 Å². The van der Waals surface area contributed by atoms with Gasteiger partial charge in [0, 0.05) is 17.1 Å². The molecule has 2 rings (SSSR count). The fraction of sp³-hybridized carbons (Fsp3) is 0.231. The van der Waals surface area contributed by atoms with Crippen LogP contribution in [-0.2, 0) is 13.0 Å². The van der Waals surface area contributed by atoms with E-state index in [9.17, 15) is 4.39 Å². The molecule has 2 aromatic rings. The van der Waals surface area contributed by atoms with Gasteiger partial charge in [0.05, 0.1) is 5.69 Å². The van der Waals surface area contributed by atoms with E-state index in [1.54, 1.807) is 25.1 Å². The Hall–Kier alpha value is -1.72. The first-order chi connectivity index (χ1) is 9.15. The molecule has 0 unspecified atom stereocenters. The van der Waals surface area contributed by atoms with Crippen LogP contribution in [0.25, 0.3) is 0 Å². The van der Waals surface area contributed by atoms with E-state index in [0.717, 1.165) is 5.56 Å². The van der Waals surface area contributed by atoms with Crippen LogP contribution in [0, 0.1) is 5.82 Å². The minimum Gasteiger partial charge on any atom is -0.436 e. The zero-order valence-corrected chi connectivity index (χ0v) is 11.1. The van der Waals surface area contributed by atoms with Gasteiger partial charge in [-0.05, 0) is 18.6 Å². The van der Waals surface area contributed by atoms with E-state index in [-0.39, 0.29) is 12.4 Å². The molecule has 0 saturated carbocycles. The smallest absolute Gasteiger partial charge is 0.259 e. The molecule has 0 atom stereocenters. The van der Waals surface area contributed by atoms with Gasteiger partial charge in [-0.25, -0.2) is 4.98 Å². The van der Waals surface area contributed by atoms with E-state index in [1.807, 2.05) is 0 Å². The van der Waals surface area contributed by atoms with Crippen LogP contribution in [0.15, 0.2) is 24.5 Å². The molecule has 0 radical (unpaired) electrons. The number of aromatic nitrogens is 2. The number of hydrogen-bond donors (Lipinski definition) is 1. The molecule has 100 valence electrons. The van der Waals surface area contributed by atoms with Gasteiger partial charge in [0.1, 0.15) is 12.1 Å². The summed E-state index contributed by atoms with van der Waals surface area (Å²) in [5, 5.41) is 0.484. The van der Waals surface area contributed by atoms with Crippen LogP contribution in [0.1, 0.15) is 18.2 Å². The summed E-state index contributed by atoms with van der Waals surface area (Å²) >= 11 is 5.89. The first-order valence-corrected chi connectivity index (χ1v) is 6.19. The lowest BCUT2D eigenvalue weighted by Gasteiger charge is -2.11. The van der Waals surface area contributed by atoms with Gasteiger partial charge in [-0.15, -0.1) is 0 Å². The van der Waals surface area contributed by atoms with Crippen molar-refractivity contribution in [3.63, 3.8) is 0 Å². The summed E-state index contributed by atoms with van der Waals surface area (Å²) in [7, 11) is 0. The maximum absolute atomic E-state index is 14.0. The molecule has 0 amide bonds. The predicted octanol–water partition coefficient (Wildman–Crippen LogP) is 3.08. The second-order valence-electron chi connectivity index (χ2n) is 3.85. The highest BCUT2D eigenvalue weighted by Gasteiger charge is 2.13. The van der Waals surface area contributed by atoms with Gasteiger partial charge in [0.25, 0.3) is 5.88 Å². The van der Waals surface area contributed by atoms with Gasteiger partial charge in [-0.3, -0.25) is 0 Å². The van der Waals surface area contributed by atoms with Crippen LogP contribution in [0.5, 0.6) is 11.6 Å². The fourth-order valence-electron chi connectivity index (χ4n) is 1.60. The number of halogens is 2. The van der Waals surface area contributed by atoms with Crippen molar-refractivity contribution in [1.29, 1.82) is 0 Å². The van der Waals surface area contributed by atoms with Crippen molar-refractivity contribution in [2.75, 3.05) is 0 Å². The maximum Gasteiger partial charge on any atom is 0.259 e. The monoisotopic (exact) mass is 281 g/mol. The van der Waals surface area contributed by atoms with Crippen molar-refractivity contribution >= 4 is 11.6 Å². The van der Waals surface area contributed by atoms with Gasteiger partial charge in [0.15, 0.2) is 0 Å². The Kier molecular flexibility index (Phi) is 4.29. The van der Waals surface area contributed by atoms with Gasteiger partial charge in [-0.2, -0.15) is 9.37 Å². The highest BCUT2D eigenvalue weighted by Crippen LogP contribution is 2.29. The van der Waals surface area contributed by atoms with Gasteiger partial charge >= 0.3 is 0 Å². The van der Waals surface area contributed by atoms with E-state index >= 15 is 0 Å². The molecule has 0 aliphatic heterocycles. The zero-order chi connectivity index (χ0) is 13.8. The standard InChI is InChI=1S/C13H13ClFN3O/c1-2-10-12(15)13(18-7-17-10)19-11-5-9(14)4-3-8(11)6-16/h3-5,7H,2,6,16H2,1H3. The molecule has 1 heterocycles. The Morgan fingerprint density at radius 1 is 1.37 bits per heavy atom. The van der Waals surface area contributed by atoms with Crippen LogP contribution in [0.2, 0.25) is 5.02 Å². The first-order valence-electron chi connectivity index (χ1n) is 5.81. The summed E-state index contributed by atoms with van der Waals surface area (Å²) in [4.78, 5) is 7.64. The molecular formula is C13H13ClFN3O. The number of nitrogens with zero attached hydrogens (tertiary/aromatic N) is 2. The van der Waals surface area contributed by atoms with Crippen LogP contribution in [0.3, 0.4) is 0 Å². The first kappa shape index (κ1) is 13.7. The summed E-state index contributed by atoms with van der Waals surface area (Å²) in [6.07, 6.45) is 1.73. The molecule has 1 aromatic heterocycles. The summed E-state index contributed by atoms with van der Waals surface area (Å²) in [6, 6.07) is 5.01. The third-order valence-corrected chi connectivity index (χ3v) is 2.86.